The first-order valence-corrected chi connectivity index (χ1v) is 6.40. The van der Waals surface area contributed by atoms with Gasteiger partial charge in [0.2, 0.25) is 11.9 Å². The molecule has 0 bridgehead atoms. The van der Waals surface area contributed by atoms with Crippen LogP contribution in [0, 0.1) is 0 Å². The summed E-state index contributed by atoms with van der Waals surface area (Å²) >= 11 is 0. The molecule has 5 nitrogen and oxygen atoms in total. The summed E-state index contributed by atoms with van der Waals surface area (Å²) in [6.45, 7) is 1.50. The maximum atomic E-state index is 10.9. The van der Waals surface area contributed by atoms with Crippen LogP contribution in [0.2, 0.25) is 0 Å². The molecular formula is C14H16N4O. The molecule has 0 atom stereocenters. The van der Waals surface area contributed by atoms with E-state index in [2.05, 4.69) is 20.2 Å². The number of amides is 1. The Hall–Kier alpha value is -2.30. The van der Waals surface area contributed by atoms with Gasteiger partial charge in [-0.25, -0.2) is 4.98 Å². The number of rotatable bonds is 4. The number of hydrogen-bond donors (Lipinski definition) is 2. The van der Waals surface area contributed by atoms with Crippen LogP contribution >= 0.6 is 0 Å². The zero-order valence-corrected chi connectivity index (χ0v) is 10.8. The van der Waals surface area contributed by atoms with Crippen molar-refractivity contribution in [1.82, 2.24) is 9.55 Å². The van der Waals surface area contributed by atoms with Gasteiger partial charge in [-0.3, -0.25) is 4.79 Å². The molecular weight excluding hydrogens is 240 g/mol. The largest absolute Gasteiger partial charge is 0.326 e. The van der Waals surface area contributed by atoms with Gasteiger partial charge >= 0.3 is 0 Å². The minimum Gasteiger partial charge on any atom is -0.326 e. The molecule has 5 heteroatoms. The van der Waals surface area contributed by atoms with Crippen molar-refractivity contribution in [2.45, 2.75) is 25.8 Å². The van der Waals surface area contributed by atoms with Gasteiger partial charge in [-0.15, -0.1) is 0 Å². The van der Waals surface area contributed by atoms with E-state index >= 15 is 0 Å². The lowest BCUT2D eigenvalue weighted by atomic mass is 10.3. The maximum Gasteiger partial charge on any atom is 0.221 e. The van der Waals surface area contributed by atoms with Gasteiger partial charge in [-0.05, 0) is 37.1 Å². The Morgan fingerprint density at radius 1 is 1.26 bits per heavy atom. The monoisotopic (exact) mass is 256 g/mol. The second-order valence-electron chi connectivity index (χ2n) is 4.77. The smallest absolute Gasteiger partial charge is 0.221 e. The molecule has 3 rings (SSSR count). The number of nitrogens with one attached hydrogen (secondary N) is 2. The van der Waals surface area contributed by atoms with Crippen LogP contribution in [-0.4, -0.2) is 15.5 Å². The summed E-state index contributed by atoms with van der Waals surface area (Å²) in [4.78, 5) is 15.3. The van der Waals surface area contributed by atoms with E-state index in [1.54, 1.807) is 0 Å². The number of hydrogen-bond acceptors (Lipinski definition) is 3. The average molecular weight is 256 g/mol. The van der Waals surface area contributed by atoms with Crippen LogP contribution in [0.15, 0.2) is 36.7 Å². The van der Waals surface area contributed by atoms with Gasteiger partial charge < -0.3 is 15.2 Å². The first kappa shape index (κ1) is 11.8. The maximum absolute atomic E-state index is 10.9. The van der Waals surface area contributed by atoms with E-state index in [-0.39, 0.29) is 5.91 Å². The third-order valence-electron chi connectivity index (χ3n) is 3.07. The Morgan fingerprint density at radius 3 is 2.58 bits per heavy atom. The van der Waals surface area contributed by atoms with Crippen LogP contribution in [0.1, 0.15) is 25.8 Å². The van der Waals surface area contributed by atoms with Gasteiger partial charge in [0.15, 0.2) is 0 Å². The number of anilines is 3. The molecule has 0 aliphatic heterocycles. The van der Waals surface area contributed by atoms with Crippen LogP contribution in [0.4, 0.5) is 17.3 Å². The predicted octanol–water partition coefficient (Wildman–Crippen LogP) is 2.92. The van der Waals surface area contributed by atoms with E-state index in [0.717, 1.165) is 17.3 Å². The zero-order chi connectivity index (χ0) is 13.2. The minimum absolute atomic E-state index is 0.0648. The summed E-state index contributed by atoms with van der Waals surface area (Å²) in [5.41, 5.74) is 1.76. The van der Waals surface area contributed by atoms with Crippen LogP contribution < -0.4 is 10.6 Å². The second-order valence-corrected chi connectivity index (χ2v) is 4.77. The van der Waals surface area contributed by atoms with Crippen LogP contribution in [0.3, 0.4) is 0 Å². The van der Waals surface area contributed by atoms with Crippen molar-refractivity contribution in [3.8, 4) is 0 Å². The fourth-order valence-corrected chi connectivity index (χ4v) is 2.03. The van der Waals surface area contributed by atoms with Gasteiger partial charge in [-0.1, -0.05) is 0 Å². The van der Waals surface area contributed by atoms with E-state index in [1.165, 1.54) is 19.8 Å². The Bertz CT molecular complexity index is 584. The van der Waals surface area contributed by atoms with Crippen molar-refractivity contribution in [3.05, 3.63) is 36.7 Å². The van der Waals surface area contributed by atoms with Gasteiger partial charge in [0.1, 0.15) is 0 Å². The highest BCUT2D eigenvalue weighted by atomic mass is 16.1. The summed E-state index contributed by atoms with van der Waals surface area (Å²) in [6.07, 6.45) is 6.27. The van der Waals surface area contributed by atoms with Crippen molar-refractivity contribution in [2.24, 2.45) is 0 Å². The third-order valence-corrected chi connectivity index (χ3v) is 3.07. The molecule has 1 aromatic carbocycles. The summed E-state index contributed by atoms with van der Waals surface area (Å²) in [7, 11) is 0. The highest BCUT2D eigenvalue weighted by Crippen LogP contribution is 2.37. The summed E-state index contributed by atoms with van der Waals surface area (Å²) in [5, 5.41) is 6.04. The van der Waals surface area contributed by atoms with Crippen molar-refractivity contribution >= 4 is 23.2 Å². The number of benzene rings is 1. The summed E-state index contributed by atoms with van der Waals surface area (Å²) in [6, 6.07) is 8.19. The average Bonchev–Trinajstić information content (AvgIpc) is 3.12. The molecule has 0 radical (unpaired) electrons. The number of aromatic nitrogens is 2. The van der Waals surface area contributed by atoms with Crippen molar-refractivity contribution < 1.29 is 4.79 Å². The molecule has 98 valence electrons. The SMILES string of the molecule is CC(=O)Nc1ccc(Nc2nccn2C2CC2)cc1. The third kappa shape index (κ3) is 2.76. The number of imidazole rings is 1. The molecule has 0 unspecified atom stereocenters. The van der Waals surface area contributed by atoms with Crippen LogP contribution in [-0.2, 0) is 4.79 Å². The molecule has 1 aliphatic rings. The number of carbonyl (C=O) groups excluding carboxylic acids is 1. The van der Waals surface area contributed by atoms with Crippen molar-refractivity contribution in [1.29, 1.82) is 0 Å². The molecule has 0 spiro atoms. The van der Waals surface area contributed by atoms with E-state index in [0.29, 0.717) is 6.04 Å². The first-order chi connectivity index (χ1) is 9.22. The molecule has 2 aromatic rings. The first-order valence-electron chi connectivity index (χ1n) is 6.40. The topological polar surface area (TPSA) is 59.0 Å². The highest BCUT2D eigenvalue weighted by molar-refractivity contribution is 5.88. The minimum atomic E-state index is -0.0648. The Kier molecular flexibility index (Phi) is 2.95. The predicted molar refractivity (Wildman–Crippen MR) is 74.5 cm³/mol. The van der Waals surface area contributed by atoms with Gasteiger partial charge in [0, 0.05) is 36.7 Å². The highest BCUT2D eigenvalue weighted by Gasteiger charge is 2.25. The van der Waals surface area contributed by atoms with Gasteiger partial charge in [0.25, 0.3) is 0 Å². The molecule has 1 aliphatic carbocycles. The number of carbonyl (C=O) groups is 1. The quantitative estimate of drug-likeness (QED) is 0.884. The Labute approximate surface area is 111 Å². The lowest BCUT2D eigenvalue weighted by molar-refractivity contribution is -0.114. The van der Waals surface area contributed by atoms with E-state index < -0.39 is 0 Å². The molecule has 1 amide bonds. The molecule has 1 heterocycles. The molecule has 19 heavy (non-hydrogen) atoms. The standard InChI is InChI=1S/C14H16N4O/c1-10(19)16-11-2-4-12(5-3-11)17-14-15-8-9-18(14)13-6-7-13/h2-5,8-9,13H,6-7H2,1H3,(H,15,17)(H,16,19). The van der Waals surface area contributed by atoms with Gasteiger partial charge in [-0.2, -0.15) is 0 Å². The Balaban J connectivity index is 1.72. The van der Waals surface area contributed by atoms with Crippen molar-refractivity contribution in [2.75, 3.05) is 10.6 Å². The van der Waals surface area contributed by atoms with Gasteiger partial charge in [0.05, 0.1) is 0 Å². The molecule has 2 N–H and O–H groups in total. The molecule has 0 saturated heterocycles. The van der Waals surface area contributed by atoms with Crippen molar-refractivity contribution in [3.63, 3.8) is 0 Å². The Morgan fingerprint density at radius 2 is 1.95 bits per heavy atom. The molecule has 1 fully saturated rings. The second kappa shape index (κ2) is 4.76. The number of nitrogens with zero attached hydrogens (tertiary/aromatic N) is 2. The zero-order valence-electron chi connectivity index (χ0n) is 10.8. The fourth-order valence-electron chi connectivity index (χ4n) is 2.03. The molecule has 1 aromatic heterocycles. The van der Waals surface area contributed by atoms with Crippen LogP contribution in [0.5, 0.6) is 0 Å². The lowest BCUT2D eigenvalue weighted by Crippen LogP contribution is -2.05. The van der Waals surface area contributed by atoms with Crippen LogP contribution in [0.25, 0.3) is 0 Å². The van der Waals surface area contributed by atoms with E-state index in [9.17, 15) is 4.79 Å². The fraction of sp³-hybridized carbons (Fsp3) is 0.286. The van der Waals surface area contributed by atoms with E-state index in [1.807, 2.05) is 36.7 Å². The summed E-state index contributed by atoms with van der Waals surface area (Å²) in [5.74, 6) is 0.805. The molecule has 1 saturated carbocycles. The van der Waals surface area contributed by atoms with E-state index in [4.69, 9.17) is 0 Å². The summed E-state index contributed by atoms with van der Waals surface area (Å²) < 4.78 is 2.17. The normalized spacial score (nSPS) is 14.2. The lowest BCUT2D eigenvalue weighted by Gasteiger charge is -2.09.